The summed E-state index contributed by atoms with van der Waals surface area (Å²) in [6.07, 6.45) is 2.62. The van der Waals surface area contributed by atoms with E-state index in [0.29, 0.717) is 22.9 Å². The van der Waals surface area contributed by atoms with Gasteiger partial charge in [0, 0.05) is 34.6 Å². The van der Waals surface area contributed by atoms with Gasteiger partial charge in [-0.1, -0.05) is 29.8 Å². The van der Waals surface area contributed by atoms with E-state index in [1.807, 2.05) is 37.4 Å². The molecular formula is C21H21ClN2O4. The van der Waals surface area contributed by atoms with Crippen LogP contribution in [0.5, 0.6) is 5.75 Å². The van der Waals surface area contributed by atoms with Crippen LogP contribution < -0.4 is 10.1 Å². The topological polar surface area (TPSA) is 80.4 Å². The highest BCUT2D eigenvalue weighted by molar-refractivity contribution is 6.31. The molecule has 0 aliphatic heterocycles. The van der Waals surface area contributed by atoms with Crippen LogP contribution in [0.1, 0.15) is 17.5 Å². The van der Waals surface area contributed by atoms with E-state index in [1.54, 1.807) is 12.1 Å². The van der Waals surface area contributed by atoms with Crippen LogP contribution in [0.15, 0.2) is 42.6 Å². The summed E-state index contributed by atoms with van der Waals surface area (Å²) in [7, 11) is 1.49. The van der Waals surface area contributed by atoms with E-state index in [1.165, 1.54) is 7.11 Å². The molecule has 3 aromatic rings. The Labute approximate surface area is 167 Å². The second-order valence-electron chi connectivity index (χ2n) is 6.37. The molecule has 0 atom stereocenters. The fourth-order valence-electron chi connectivity index (χ4n) is 2.91. The van der Waals surface area contributed by atoms with E-state index in [4.69, 9.17) is 21.1 Å². The summed E-state index contributed by atoms with van der Waals surface area (Å²) in [6.45, 7) is 1.46. The van der Waals surface area contributed by atoms with Crippen LogP contribution >= 0.6 is 11.6 Å². The first-order valence-electron chi connectivity index (χ1n) is 8.82. The van der Waals surface area contributed by atoms with Gasteiger partial charge in [-0.05, 0) is 36.6 Å². The minimum atomic E-state index is -0.444. The molecule has 6 nitrogen and oxygen atoms in total. The lowest BCUT2D eigenvalue weighted by Gasteiger charge is -2.12. The number of fused-ring (bicyclic) bond motifs is 1. The van der Waals surface area contributed by atoms with Crippen molar-refractivity contribution >= 4 is 40.1 Å². The van der Waals surface area contributed by atoms with Gasteiger partial charge in [0.25, 0.3) is 5.91 Å². The number of amides is 1. The Hall–Kier alpha value is -2.99. The molecule has 0 saturated heterocycles. The number of benzene rings is 2. The van der Waals surface area contributed by atoms with Crippen LogP contribution in [-0.2, 0) is 20.7 Å². The number of methoxy groups -OCH3 is 1. The Morgan fingerprint density at radius 2 is 2.00 bits per heavy atom. The number of hydrogen-bond donors (Lipinski definition) is 2. The van der Waals surface area contributed by atoms with E-state index in [-0.39, 0.29) is 13.0 Å². The molecule has 0 aliphatic rings. The van der Waals surface area contributed by atoms with Crippen molar-refractivity contribution in [3.63, 3.8) is 0 Å². The van der Waals surface area contributed by atoms with Gasteiger partial charge in [-0.3, -0.25) is 9.59 Å². The second kappa shape index (κ2) is 8.80. The number of hydrogen-bond acceptors (Lipinski definition) is 4. The fourth-order valence-corrected chi connectivity index (χ4v) is 3.06. The smallest absolute Gasteiger partial charge is 0.306 e. The highest BCUT2D eigenvalue weighted by Crippen LogP contribution is 2.30. The first kappa shape index (κ1) is 19.8. The van der Waals surface area contributed by atoms with Crippen molar-refractivity contribution in [1.82, 2.24) is 4.98 Å². The van der Waals surface area contributed by atoms with Crippen molar-refractivity contribution in [3.05, 3.63) is 58.7 Å². The standard InChI is InChI=1S/C21H21ClN2O4/c1-13-9-18(19(27-2)10-16(13)22)24-20(25)12-28-21(26)8-7-14-11-23-17-6-4-3-5-15(14)17/h3-6,9-11,23H,7-8,12H2,1-2H3,(H,24,25). The van der Waals surface area contributed by atoms with E-state index in [0.717, 1.165) is 22.0 Å². The number of carbonyl (C=O) groups is 2. The van der Waals surface area contributed by atoms with Crippen molar-refractivity contribution in [3.8, 4) is 5.75 Å². The fraction of sp³-hybridized carbons (Fsp3) is 0.238. The predicted octanol–water partition coefficient (Wildman–Crippen LogP) is 4.25. The molecule has 1 amide bonds. The van der Waals surface area contributed by atoms with Gasteiger partial charge in [-0.2, -0.15) is 0 Å². The van der Waals surface area contributed by atoms with Crippen LogP contribution in [0.25, 0.3) is 10.9 Å². The molecule has 0 fully saturated rings. The van der Waals surface area contributed by atoms with Crippen molar-refractivity contribution in [1.29, 1.82) is 0 Å². The molecular weight excluding hydrogens is 380 g/mol. The van der Waals surface area contributed by atoms with Gasteiger partial charge in [0.2, 0.25) is 0 Å². The molecule has 0 unspecified atom stereocenters. The zero-order chi connectivity index (χ0) is 20.1. The molecule has 0 bridgehead atoms. The summed E-state index contributed by atoms with van der Waals surface area (Å²) < 4.78 is 10.3. The average molecular weight is 401 g/mol. The number of ether oxygens (including phenoxy) is 2. The van der Waals surface area contributed by atoms with Gasteiger partial charge >= 0.3 is 5.97 Å². The Morgan fingerprint density at radius 1 is 1.21 bits per heavy atom. The molecule has 0 spiro atoms. The molecule has 0 saturated carbocycles. The Balaban J connectivity index is 1.51. The molecule has 146 valence electrons. The largest absolute Gasteiger partial charge is 0.495 e. The van der Waals surface area contributed by atoms with E-state index in [9.17, 15) is 9.59 Å². The minimum absolute atomic E-state index is 0.193. The van der Waals surface area contributed by atoms with Crippen molar-refractivity contribution in [2.75, 3.05) is 19.0 Å². The van der Waals surface area contributed by atoms with Crippen LogP contribution in [0.2, 0.25) is 5.02 Å². The molecule has 2 aromatic carbocycles. The lowest BCUT2D eigenvalue weighted by molar-refractivity contribution is -0.147. The summed E-state index contributed by atoms with van der Waals surface area (Å²) in [5, 5.41) is 4.30. The number of nitrogens with one attached hydrogen (secondary N) is 2. The Bertz CT molecular complexity index is 1010. The van der Waals surface area contributed by atoms with Crippen molar-refractivity contribution in [2.24, 2.45) is 0 Å². The zero-order valence-corrected chi connectivity index (χ0v) is 16.4. The van der Waals surface area contributed by atoms with Crippen LogP contribution in [0.3, 0.4) is 0 Å². The van der Waals surface area contributed by atoms with Crippen molar-refractivity contribution < 1.29 is 19.1 Å². The molecule has 1 heterocycles. The van der Waals surface area contributed by atoms with Gasteiger partial charge in [-0.25, -0.2) is 0 Å². The second-order valence-corrected chi connectivity index (χ2v) is 6.78. The summed E-state index contributed by atoms with van der Waals surface area (Å²) in [6, 6.07) is 11.2. The van der Waals surface area contributed by atoms with Gasteiger partial charge in [0.05, 0.1) is 12.8 Å². The van der Waals surface area contributed by atoms with E-state index >= 15 is 0 Å². The maximum Gasteiger partial charge on any atom is 0.306 e. The number of aromatic amines is 1. The van der Waals surface area contributed by atoms with Crippen LogP contribution in [-0.4, -0.2) is 30.6 Å². The number of halogens is 1. The van der Waals surface area contributed by atoms with Crippen LogP contribution in [0.4, 0.5) is 5.69 Å². The molecule has 7 heteroatoms. The normalized spacial score (nSPS) is 10.7. The lowest BCUT2D eigenvalue weighted by Crippen LogP contribution is -2.21. The third-order valence-electron chi connectivity index (χ3n) is 4.39. The number of aryl methyl sites for hydroxylation is 2. The molecule has 0 aliphatic carbocycles. The third-order valence-corrected chi connectivity index (χ3v) is 4.80. The quantitative estimate of drug-likeness (QED) is 0.581. The van der Waals surface area contributed by atoms with Gasteiger partial charge in [-0.15, -0.1) is 0 Å². The zero-order valence-electron chi connectivity index (χ0n) is 15.7. The average Bonchev–Trinajstić information content (AvgIpc) is 3.10. The Kier molecular flexibility index (Phi) is 6.21. The SMILES string of the molecule is COc1cc(Cl)c(C)cc1NC(=O)COC(=O)CCc1c[nH]c2ccccc12. The summed E-state index contributed by atoms with van der Waals surface area (Å²) in [5.41, 5.74) is 3.34. The third kappa shape index (κ3) is 4.64. The molecule has 0 radical (unpaired) electrons. The maximum absolute atomic E-state index is 12.1. The van der Waals surface area contributed by atoms with Gasteiger partial charge in [0.15, 0.2) is 6.61 Å². The molecule has 1 aromatic heterocycles. The summed E-state index contributed by atoms with van der Waals surface area (Å²) in [4.78, 5) is 27.3. The van der Waals surface area contributed by atoms with Crippen LogP contribution in [0, 0.1) is 6.92 Å². The maximum atomic E-state index is 12.1. The number of anilines is 1. The summed E-state index contributed by atoms with van der Waals surface area (Å²) in [5.74, 6) is -0.435. The van der Waals surface area contributed by atoms with Crippen molar-refractivity contribution in [2.45, 2.75) is 19.8 Å². The molecule has 2 N–H and O–H groups in total. The highest BCUT2D eigenvalue weighted by atomic mass is 35.5. The number of H-pyrrole nitrogens is 1. The lowest BCUT2D eigenvalue weighted by atomic mass is 10.1. The van der Waals surface area contributed by atoms with E-state index in [2.05, 4.69) is 10.3 Å². The van der Waals surface area contributed by atoms with Gasteiger partial charge < -0.3 is 19.8 Å². The highest BCUT2D eigenvalue weighted by Gasteiger charge is 2.13. The number of aromatic nitrogens is 1. The number of esters is 1. The van der Waals surface area contributed by atoms with E-state index < -0.39 is 11.9 Å². The first-order valence-corrected chi connectivity index (χ1v) is 9.20. The number of rotatable bonds is 7. The summed E-state index contributed by atoms with van der Waals surface area (Å²) >= 11 is 6.05. The predicted molar refractivity (Wildman–Crippen MR) is 109 cm³/mol. The minimum Gasteiger partial charge on any atom is -0.495 e. The molecule has 28 heavy (non-hydrogen) atoms. The first-order chi connectivity index (χ1) is 13.5. The monoisotopic (exact) mass is 400 g/mol. The Morgan fingerprint density at radius 3 is 2.79 bits per heavy atom. The molecule has 3 rings (SSSR count). The number of carbonyl (C=O) groups excluding carboxylic acids is 2. The van der Waals surface area contributed by atoms with Gasteiger partial charge in [0.1, 0.15) is 5.75 Å². The number of para-hydroxylation sites is 1.